The van der Waals surface area contributed by atoms with Gasteiger partial charge in [0.05, 0.1) is 0 Å². The van der Waals surface area contributed by atoms with Crippen LogP contribution in [0.2, 0.25) is 5.02 Å². The predicted molar refractivity (Wildman–Crippen MR) is 193 cm³/mol. The Labute approximate surface area is 288 Å². The molecule has 2 N–H and O–H groups in total. The van der Waals surface area contributed by atoms with Crippen molar-refractivity contribution in [2.24, 2.45) is 11.8 Å². The normalized spacial score (nSPS) is 17.4. The first-order valence-electron chi connectivity index (χ1n) is 17.1. The monoisotopic (exact) mass is 667 g/mol. The van der Waals surface area contributed by atoms with Gasteiger partial charge >= 0.3 is 0 Å². The summed E-state index contributed by atoms with van der Waals surface area (Å²) in [5.41, 5.74) is 5.77. The number of anilines is 1. The number of nitrogens with zero attached hydrogens (tertiary/aromatic N) is 3. The van der Waals surface area contributed by atoms with Gasteiger partial charge in [-0.15, -0.1) is 0 Å². The minimum Gasteiger partial charge on any atom is -0.361 e. The van der Waals surface area contributed by atoms with E-state index < -0.39 is 6.04 Å². The highest BCUT2D eigenvalue weighted by Gasteiger charge is 2.34. The summed E-state index contributed by atoms with van der Waals surface area (Å²) in [5, 5.41) is 4.86. The number of hydrogen-bond acceptors (Lipinski definition) is 4. The predicted octanol–water partition coefficient (Wildman–Crippen LogP) is 6.26. The molecular formula is C39H46ClN5O3. The van der Waals surface area contributed by atoms with Gasteiger partial charge in [-0.05, 0) is 106 Å². The third-order valence-corrected chi connectivity index (χ3v) is 10.1. The van der Waals surface area contributed by atoms with Crippen molar-refractivity contribution in [3.05, 3.63) is 100 Å². The lowest BCUT2D eigenvalue weighted by atomic mass is 9.90. The van der Waals surface area contributed by atoms with Gasteiger partial charge in [0.25, 0.3) is 5.91 Å². The number of nitrogens with one attached hydrogen (secondary N) is 2. The Balaban J connectivity index is 1.14. The Morgan fingerprint density at radius 2 is 1.75 bits per heavy atom. The van der Waals surface area contributed by atoms with Crippen molar-refractivity contribution < 1.29 is 14.4 Å². The average molecular weight is 668 g/mol. The number of halogens is 1. The summed E-state index contributed by atoms with van der Waals surface area (Å²) in [6, 6.07) is 20.8. The quantitative estimate of drug-likeness (QED) is 0.209. The molecule has 0 radical (unpaired) electrons. The van der Waals surface area contributed by atoms with Crippen LogP contribution in [0.15, 0.2) is 72.9 Å². The summed E-state index contributed by atoms with van der Waals surface area (Å²) in [4.78, 5) is 50.4. The van der Waals surface area contributed by atoms with E-state index in [2.05, 4.69) is 15.2 Å². The number of carbonyl (C=O) groups excluding carboxylic acids is 3. The van der Waals surface area contributed by atoms with E-state index in [0.29, 0.717) is 43.4 Å². The number of rotatable bonds is 10. The lowest BCUT2D eigenvalue weighted by molar-refractivity contribution is -0.127. The lowest BCUT2D eigenvalue weighted by Crippen LogP contribution is -2.53. The van der Waals surface area contributed by atoms with Crippen LogP contribution in [0.3, 0.4) is 0 Å². The second-order valence-electron chi connectivity index (χ2n) is 13.9. The van der Waals surface area contributed by atoms with Crippen LogP contribution in [0.25, 0.3) is 10.9 Å². The van der Waals surface area contributed by atoms with Gasteiger partial charge in [-0.2, -0.15) is 0 Å². The van der Waals surface area contributed by atoms with E-state index in [0.717, 1.165) is 71.1 Å². The number of fused-ring (bicyclic) bond motifs is 2. The van der Waals surface area contributed by atoms with E-state index in [4.69, 9.17) is 11.6 Å². The maximum atomic E-state index is 14.5. The third-order valence-electron chi connectivity index (χ3n) is 9.88. The molecule has 1 saturated heterocycles. The molecule has 0 spiro atoms. The van der Waals surface area contributed by atoms with Crippen molar-refractivity contribution in [1.82, 2.24) is 20.1 Å². The van der Waals surface area contributed by atoms with Gasteiger partial charge in [0.15, 0.2) is 0 Å². The van der Waals surface area contributed by atoms with E-state index in [-0.39, 0.29) is 23.6 Å². The molecule has 48 heavy (non-hydrogen) atoms. The molecule has 0 unspecified atom stereocenters. The van der Waals surface area contributed by atoms with Crippen molar-refractivity contribution in [3.63, 3.8) is 0 Å². The molecular weight excluding hydrogens is 622 g/mol. The van der Waals surface area contributed by atoms with Crippen LogP contribution in [0.5, 0.6) is 0 Å². The van der Waals surface area contributed by atoms with E-state index in [1.54, 1.807) is 0 Å². The maximum absolute atomic E-state index is 14.5. The van der Waals surface area contributed by atoms with E-state index in [9.17, 15) is 14.4 Å². The molecule has 0 bridgehead atoms. The molecule has 6 rings (SSSR count). The standard InChI is InChI=1S/C39H46ClN5O3/c1-26-8-11-29(12-9-26)38(47)44-18-16-27(17-19-44)10-15-37(46)42-35(22-31-23-41-34-7-5-4-6-33(31)34)39(48)45-25-28(24-43(2)3)20-30-21-32(40)13-14-36(30)45/h4-9,11-14,21,23,27-28,35,41H,10,15-20,22,24-25H2,1-3H3,(H,42,46)/t28-,35-/m1/s1. The highest BCUT2D eigenvalue weighted by molar-refractivity contribution is 6.30. The van der Waals surface area contributed by atoms with Crippen LogP contribution in [-0.4, -0.2) is 78.8 Å². The number of carbonyl (C=O) groups is 3. The Kier molecular flexibility index (Phi) is 10.5. The molecule has 0 saturated carbocycles. The molecule has 8 nitrogen and oxygen atoms in total. The lowest BCUT2D eigenvalue weighted by Gasteiger charge is -2.37. The number of piperidine rings is 1. The zero-order valence-corrected chi connectivity index (χ0v) is 28.9. The van der Waals surface area contributed by atoms with Crippen LogP contribution in [-0.2, 0) is 22.4 Å². The van der Waals surface area contributed by atoms with Gasteiger partial charge in [0, 0.05) is 72.4 Å². The minimum atomic E-state index is -0.729. The number of aryl methyl sites for hydroxylation is 1. The van der Waals surface area contributed by atoms with Crippen molar-refractivity contribution in [3.8, 4) is 0 Å². The van der Waals surface area contributed by atoms with Crippen molar-refractivity contribution in [2.75, 3.05) is 45.2 Å². The molecule has 3 heterocycles. The zero-order chi connectivity index (χ0) is 33.8. The molecule has 1 aromatic heterocycles. The Morgan fingerprint density at radius 3 is 2.50 bits per heavy atom. The van der Waals surface area contributed by atoms with E-state index >= 15 is 0 Å². The highest BCUT2D eigenvalue weighted by atomic mass is 35.5. The first-order chi connectivity index (χ1) is 23.1. The van der Waals surface area contributed by atoms with Crippen LogP contribution >= 0.6 is 11.6 Å². The summed E-state index contributed by atoms with van der Waals surface area (Å²) >= 11 is 6.40. The zero-order valence-electron chi connectivity index (χ0n) is 28.2. The molecule has 9 heteroatoms. The second kappa shape index (κ2) is 15.0. The largest absolute Gasteiger partial charge is 0.361 e. The van der Waals surface area contributed by atoms with Crippen LogP contribution in [0.4, 0.5) is 5.69 Å². The average Bonchev–Trinajstić information content (AvgIpc) is 3.49. The molecule has 1 fully saturated rings. The molecule has 3 aromatic carbocycles. The van der Waals surface area contributed by atoms with Crippen LogP contribution in [0.1, 0.15) is 52.7 Å². The van der Waals surface area contributed by atoms with Crippen molar-refractivity contribution in [1.29, 1.82) is 0 Å². The van der Waals surface area contributed by atoms with Gasteiger partial charge in [-0.1, -0.05) is 47.5 Å². The fourth-order valence-corrected chi connectivity index (χ4v) is 7.57. The van der Waals surface area contributed by atoms with Crippen molar-refractivity contribution >= 4 is 45.9 Å². The Morgan fingerprint density at radius 1 is 1.00 bits per heavy atom. The number of H-pyrrole nitrogens is 1. The number of benzene rings is 3. The van der Waals surface area contributed by atoms with Crippen molar-refractivity contribution in [2.45, 2.75) is 51.5 Å². The fourth-order valence-electron chi connectivity index (χ4n) is 7.37. The van der Waals surface area contributed by atoms with E-state index in [1.165, 1.54) is 0 Å². The molecule has 2 aliphatic rings. The Hall–Kier alpha value is -4.14. The molecule has 4 aromatic rings. The number of para-hydroxylation sites is 1. The van der Waals surface area contributed by atoms with Gasteiger partial charge < -0.3 is 25.0 Å². The number of aromatic nitrogens is 1. The van der Waals surface area contributed by atoms with Crippen LogP contribution < -0.4 is 10.2 Å². The maximum Gasteiger partial charge on any atom is 0.253 e. The summed E-state index contributed by atoms with van der Waals surface area (Å²) in [6.07, 6.45) is 5.96. The van der Waals surface area contributed by atoms with Gasteiger partial charge in [-0.25, -0.2) is 0 Å². The minimum absolute atomic E-state index is 0.0687. The van der Waals surface area contributed by atoms with Gasteiger partial charge in [-0.3, -0.25) is 14.4 Å². The number of likely N-dealkylation sites (tertiary alicyclic amines) is 1. The van der Waals surface area contributed by atoms with Gasteiger partial charge in [0.2, 0.25) is 11.8 Å². The Bertz CT molecular complexity index is 1760. The number of hydrogen-bond donors (Lipinski definition) is 2. The summed E-state index contributed by atoms with van der Waals surface area (Å²) in [6.45, 7) is 4.80. The first kappa shape index (κ1) is 33.7. The molecule has 252 valence electrons. The molecule has 2 atom stereocenters. The second-order valence-corrected chi connectivity index (χ2v) is 14.3. The summed E-state index contributed by atoms with van der Waals surface area (Å²) in [5.74, 6) is 0.432. The number of amides is 3. The van der Waals surface area contributed by atoms with Crippen LogP contribution in [0, 0.1) is 18.8 Å². The summed E-state index contributed by atoms with van der Waals surface area (Å²) in [7, 11) is 4.09. The number of aromatic amines is 1. The van der Waals surface area contributed by atoms with Gasteiger partial charge in [0.1, 0.15) is 6.04 Å². The van der Waals surface area contributed by atoms with E-state index in [1.807, 2.05) is 104 Å². The smallest absolute Gasteiger partial charge is 0.253 e. The fraction of sp³-hybridized carbons (Fsp3) is 0.410. The first-order valence-corrected chi connectivity index (χ1v) is 17.5. The molecule has 0 aliphatic carbocycles. The summed E-state index contributed by atoms with van der Waals surface area (Å²) < 4.78 is 0. The third kappa shape index (κ3) is 7.93. The molecule has 3 amide bonds. The topological polar surface area (TPSA) is 88.8 Å². The highest BCUT2D eigenvalue weighted by Crippen LogP contribution is 2.33. The SMILES string of the molecule is Cc1ccc(C(=O)N2CCC(CCC(=O)N[C@H](Cc3c[nH]c4ccccc34)C(=O)N3C[C@@H](CN(C)C)Cc4cc(Cl)ccc43)CC2)cc1. The molecule has 2 aliphatic heterocycles.